The fourth-order valence-electron chi connectivity index (χ4n) is 1.88. The molecule has 110 valence electrons. The molecule has 0 spiro atoms. The Labute approximate surface area is 122 Å². The second-order valence-electron chi connectivity index (χ2n) is 4.42. The molecule has 1 atom stereocenters. The Hall–Kier alpha value is -1.40. The predicted octanol–water partition coefficient (Wildman–Crippen LogP) is 2.00. The highest BCUT2D eigenvalue weighted by Crippen LogP contribution is 2.34. The molecule has 1 aromatic carbocycles. The number of aliphatic carboxylic acids is 1. The smallest absolute Gasteiger partial charge is 0.321 e. The molecular weight excluding hydrogens is 278 g/mol. The summed E-state index contributed by atoms with van der Waals surface area (Å²) in [7, 11) is 0. The lowest BCUT2D eigenvalue weighted by atomic mass is 10.3. The fourth-order valence-corrected chi connectivity index (χ4v) is 2.85. The third-order valence-electron chi connectivity index (χ3n) is 2.88. The molecule has 0 saturated carbocycles. The number of hydrogen-bond acceptors (Lipinski definition) is 5. The monoisotopic (exact) mass is 297 g/mol. The lowest BCUT2D eigenvalue weighted by Gasteiger charge is -2.13. The normalized spacial score (nSPS) is 15.4. The molecule has 0 fully saturated rings. The Kier molecular flexibility index (Phi) is 5.55. The highest BCUT2D eigenvalue weighted by Gasteiger charge is 2.17. The first kappa shape index (κ1) is 15.0. The summed E-state index contributed by atoms with van der Waals surface area (Å²) < 4.78 is 11.2. The standard InChI is InChI=1S/C14H19NO4S/c1-2-15-11(14(16)17)9-20-10-4-5-12-13(8-10)19-7-3-6-18-12/h4-5,8,11,15H,2-3,6-7,9H2,1H3,(H,16,17). The van der Waals surface area contributed by atoms with Gasteiger partial charge in [0.05, 0.1) is 13.2 Å². The average molecular weight is 297 g/mol. The van der Waals surface area contributed by atoms with E-state index in [1.165, 1.54) is 11.8 Å². The lowest BCUT2D eigenvalue weighted by Crippen LogP contribution is -2.38. The molecule has 5 nitrogen and oxygen atoms in total. The van der Waals surface area contributed by atoms with Gasteiger partial charge in [-0.3, -0.25) is 4.79 Å². The molecule has 0 radical (unpaired) electrons. The van der Waals surface area contributed by atoms with Crippen molar-refractivity contribution in [3.05, 3.63) is 18.2 Å². The van der Waals surface area contributed by atoms with E-state index in [0.29, 0.717) is 25.5 Å². The largest absolute Gasteiger partial charge is 0.490 e. The van der Waals surface area contributed by atoms with E-state index in [1.54, 1.807) is 0 Å². The number of fused-ring (bicyclic) bond motifs is 1. The van der Waals surface area contributed by atoms with Gasteiger partial charge >= 0.3 is 5.97 Å². The maximum Gasteiger partial charge on any atom is 0.321 e. The van der Waals surface area contributed by atoms with Crippen molar-refractivity contribution in [1.82, 2.24) is 5.32 Å². The van der Waals surface area contributed by atoms with Crippen LogP contribution in [0, 0.1) is 0 Å². The summed E-state index contributed by atoms with van der Waals surface area (Å²) in [6.07, 6.45) is 0.874. The Morgan fingerprint density at radius 2 is 2.15 bits per heavy atom. The van der Waals surface area contributed by atoms with Gasteiger partial charge in [0.15, 0.2) is 11.5 Å². The molecule has 2 N–H and O–H groups in total. The van der Waals surface area contributed by atoms with E-state index in [2.05, 4.69) is 5.32 Å². The molecule has 20 heavy (non-hydrogen) atoms. The van der Waals surface area contributed by atoms with E-state index in [9.17, 15) is 4.79 Å². The van der Waals surface area contributed by atoms with Crippen LogP contribution in [0.3, 0.4) is 0 Å². The van der Waals surface area contributed by atoms with E-state index < -0.39 is 12.0 Å². The van der Waals surface area contributed by atoms with E-state index in [0.717, 1.165) is 22.8 Å². The van der Waals surface area contributed by atoms with Crippen LogP contribution in [0.5, 0.6) is 11.5 Å². The number of carboxylic acid groups (broad SMARTS) is 1. The van der Waals surface area contributed by atoms with E-state index in [-0.39, 0.29) is 0 Å². The third kappa shape index (κ3) is 4.05. The Morgan fingerprint density at radius 3 is 2.85 bits per heavy atom. The van der Waals surface area contributed by atoms with E-state index >= 15 is 0 Å². The molecule has 1 heterocycles. The van der Waals surface area contributed by atoms with Gasteiger partial charge in [-0.25, -0.2) is 0 Å². The van der Waals surface area contributed by atoms with Crippen LogP contribution in [0.2, 0.25) is 0 Å². The van der Waals surface area contributed by atoms with Crippen molar-refractivity contribution >= 4 is 17.7 Å². The van der Waals surface area contributed by atoms with Gasteiger partial charge in [0.2, 0.25) is 0 Å². The van der Waals surface area contributed by atoms with Gasteiger partial charge in [-0.1, -0.05) is 6.92 Å². The minimum Gasteiger partial charge on any atom is -0.490 e. The molecule has 0 bridgehead atoms. The summed E-state index contributed by atoms with van der Waals surface area (Å²) in [5.74, 6) is 1.15. The summed E-state index contributed by atoms with van der Waals surface area (Å²) in [5.41, 5.74) is 0. The molecule has 1 unspecified atom stereocenters. The van der Waals surface area contributed by atoms with Crippen LogP contribution in [0.4, 0.5) is 0 Å². The molecule has 1 aliphatic rings. The first-order chi connectivity index (χ1) is 9.70. The first-order valence-corrected chi connectivity index (χ1v) is 7.68. The summed E-state index contributed by atoms with van der Waals surface area (Å²) in [4.78, 5) is 12.1. The number of ether oxygens (including phenoxy) is 2. The Balaban J connectivity index is 1.99. The molecule has 0 saturated heterocycles. The van der Waals surface area contributed by atoms with Crippen molar-refractivity contribution < 1.29 is 19.4 Å². The minimum absolute atomic E-state index is 0.475. The van der Waals surface area contributed by atoms with Gasteiger partial charge in [0.1, 0.15) is 6.04 Å². The minimum atomic E-state index is -0.825. The van der Waals surface area contributed by atoms with Gasteiger partial charge in [-0.05, 0) is 24.7 Å². The quantitative estimate of drug-likeness (QED) is 0.783. The van der Waals surface area contributed by atoms with E-state index in [1.807, 2.05) is 25.1 Å². The summed E-state index contributed by atoms with van der Waals surface area (Å²) >= 11 is 1.50. The number of nitrogens with one attached hydrogen (secondary N) is 1. The zero-order valence-corrected chi connectivity index (χ0v) is 12.2. The number of benzene rings is 1. The Morgan fingerprint density at radius 1 is 1.40 bits per heavy atom. The van der Waals surface area contributed by atoms with Crippen molar-refractivity contribution in [3.63, 3.8) is 0 Å². The zero-order valence-electron chi connectivity index (χ0n) is 11.4. The van der Waals surface area contributed by atoms with Crippen LogP contribution in [-0.2, 0) is 4.79 Å². The van der Waals surface area contributed by atoms with Gasteiger partial charge in [0, 0.05) is 17.1 Å². The highest BCUT2D eigenvalue weighted by atomic mass is 32.2. The molecule has 0 aromatic heterocycles. The molecule has 2 rings (SSSR count). The molecule has 1 aromatic rings. The second kappa shape index (κ2) is 7.40. The first-order valence-electron chi connectivity index (χ1n) is 6.69. The predicted molar refractivity (Wildman–Crippen MR) is 77.9 cm³/mol. The van der Waals surface area contributed by atoms with Gasteiger partial charge in [-0.2, -0.15) is 0 Å². The van der Waals surface area contributed by atoms with E-state index in [4.69, 9.17) is 14.6 Å². The number of thioether (sulfide) groups is 1. The van der Waals surface area contributed by atoms with Crippen LogP contribution in [0.1, 0.15) is 13.3 Å². The SMILES string of the molecule is CCNC(CSc1ccc2c(c1)OCCCO2)C(=O)O. The molecule has 0 amide bonds. The van der Waals surface area contributed by atoms with Crippen molar-refractivity contribution in [3.8, 4) is 11.5 Å². The van der Waals surface area contributed by atoms with Crippen molar-refractivity contribution in [2.24, 2.45) is 0 Å². The topological polar surface area (TPSA) is 67.8 Å². The maximum absolute atomic E-state index is 11.1. The van der Waals surface area contributed by atoms with Crippen molar-refractivity contribution in [1.29, 1.82) is 0 Å². The maximum atomic E-state index is 11.1. The lowest BCUT2D eigenvalue weighted by molar-refractivity contribution is -0.138. The number of carbonyl (C=O) groups is 1. The van der Waals surface area contributed by atoms with Crippen LogP contribution < -0.4 is 14.8 Å². The third-order valence-corrected chi connectivity index (χ3v) is 3.97. The van der Waals surface area contributed by atoms with Gasteiger partial charge < -0.3 is 19.9 Å². The molecule has 6 heteroatoms. The number of hydrogen-bond donors (Lipinski definition) is 2. The summed E-state index contributed by atoms with van der Waals surface area (Å²) in [5, 5.41) is 12.0. The highest BCUT2D eigenvalue weighted by molar-refractivity contribution is 7.99. The van der Waals surface area contributed by atoms with Crippen LogP contribution in [-0.4, -0.2) is 42.6 Å². The number of likely N-dealkylation sites (N-methyl/N-ethyl adjacent to an activating group) is 1. The molecular formula is C14H19NO4S. The second-order valence-corrected chi connectivity index (χ2v) is 5.51. The summed E-state index contributed by atoms with van der Waals surface area (Å²) in [6, 6.07) is 5.19. The van der Waals surface area contributed by atoms with Crippen molar-refractivity contribution in [2.75, 3.05) is 25.5 Å². The molecule has 1 aliphatic heterocycles. The van der Waals surface area contributed by atoms with Crippen molar-refractivity contribution in [2.45, 2.75) is 24.3 Å². The molecule has 0 aliphatic carbocycles. The summed E-state index contributed by atoms with van der Waals surface area (Å²) in [6.45, 7) is 3.85. The van der Waals surface area contributed by atoms with Crippen LogP contribution >= 0.6 is 11.8 Å². The fraction of sp³-hybridized carbons (Fsp3) is 0.500. The van der Waals surface area contributed by atoms with Gasteiger partial charge in [-0.15, -0.1) is 11.8 Å². The zero-order chi connectivity index (χ0) is 14.4. The van der Waals surface area contributed by atoms with Crippen LogP contribution in [0.15, 0.2) is 23.1 Å². The number of carboxylic acids is 1. The van der Waals surface area contributed by atoms with Crippen LogP contribution in [0.25, 0.3) is 0 Å². The average Bonchev–Trinajstić information content (AvgIpc) is 2.67. The van der Waals surface area contributed by atoms with Gasteiger partial charge in [0.25, 0.3) is 0 Å². The number of rotatable bonds is 6. The Bertz CT molecular complexity index is 466.